The zero-order valence-corrected chi connectivity index (χ0v) is 35.4. The molecular formula is C41H63N3O18. The van der Waals surface area contributed by atoms with Crippen molar-refractivity contribution in [1.82, 2.24) is 10.2 Å². The van der Waals surface area contributed by atoms with Gasteiger partial charge in [0.25, 0.3) is 11.8 Å². The number of benzene rings is 1. The molecule has 0 saturated carbocycles. The molecule has 0 bridgehead atoms. The molecule has 1 saturated heterocycles. The van der Waals surface area contributed by atoms with Crippen LogP contribution >= 0.6 is 0 Å². The van der Waals surface area contributed by atoms with Crippen LogP contribution in [0.4, 0.5) is 5.69 Å². The third-order valence-corrected chi connectivity index (χ3v) is 8.88. The molecule has 21 nitrogen and oxygen atoms in total. The zero-order valence-electron chi connectivity index (χ0n) is 35.4. The van der Waals surface area contributed by atoms with Crippen molar-refractivity contribution in [2.24, 2.45) is 0 Å². The van der Waals surface area contributed by atoms with Crippen LogP contribution in [0.25, 0.3) is 0 Å². The summed E-state index contributed by atoms with van der Waals surface area (Å²) in [5.41, 5.74) is 0.366. The Morgan fingerprint density at radius 1 is 0.581 bits per heavy atom. The first-order valence-corrected chi connectivity index (χ1v) is 21.0. The van der Waals surface area contributed by atoms with E-state index in [0.29, 0.717) is 139 Å². The van der Waals surface area contributed by atoms with Crippen LogP contribution in [0.3, 0.4) is 0 Å². The second-order valence-electron chi connectivity index (χ2n) is 13.6. The summed E-state index contributed by atoms with van der Waals surface area (Å²) in [5, 5.41) is 13.3. The van der Waals surface area contributed by atoms with Gasteiger partial charge in [-0.2, -0.15) is 0 Å². The predicted molar refractivity (Wildman–Crippen MR) is 217 cm³/mol. The average Bonchev–Trinajstić information content (AvgIpc) is 3.50. The van der Waals surface area contributed by atoms with E-state index in [4.69, 9.17) is 57.2 Å². The van der Waals surface area contributed by atoms with Gasteiger partial charge in [-0.15, -0.1) is 0 Å². The van der Waals surface area contributed by atoms with Crippen LogP contribution in [-0.4, -0.2) is 197 Å². The lowest BCUT2D eigenvalue weighted by atomic mass is 10.0. The van der Waals surface area contributed by atoms with Crippen LogP contribution in [0.1, 0.15) is 59.2 Å². The number of nitrogens with one attached hydrogen (secondary N) is 2. The number of carboxylic acids is 1. The van der Waals surface area contributed by atoms with E-state index in [-0.39, 0.29) is 55.2 Å². The lowest BCUT2D eigenvalue weighted by Crippen LogP contribution is -2.54. The van der Waals surface area contributed by atoms with Gasteiger partial charge < -0.3 is 62.5 Å². The van der Waals surface area contributed by atoms with Crippen molar-refractivity contribution in [2.45, 2.75) is 44.6 Å². The molecule has 5 amide bonds. The number of carbonyl (C=O) groups is 6. The highest BCUT2D eigenvalue weighted by Gasteiger charge is 2.45. The number of amides is 5. The maximum Gasteiger partial charge on any atom is 0.329 e. The van der Waals surface area contributed by atoms with E-state index in [2.05, 4.69) is 10.6 Å². The smallest absolute Gasteiger partial charge is 0.329 e. The average molecular weight is 886 g/mol. The number of aliphatic carboxylic acids is 1. The maximum atomic E-state index is 13.2. The predicted octanol–water partition coefficient (Wildman–Crippen LogP) is 0.854. The lowest BCUT2D eigenvalue weighted by molar-refractivity contribution is -0.143. The number of ether oxygens (including phenoxy) is 11. The van der Waals surface area contributed by atoms with Crippen molar-refractivity contribution in [3.05, 3.63) is 29.3 Å². The number of carbonyl (C=O) groups excluding carboxylic acids is 5. The molecule has 0 spiro atoms. The van der Waals surface area contributed by atoms with Gasteiger partial charge in [-0.1, -0.05) is 12.5 Å². The van der Waals surface area contributed by atoms with Gasteiger partial charge in [0, 0.05) is 19.4 Å². The van der Waals surface area contributed by atoms with E-state index in [9.17, 15) is 28.8 Å². The molecule has 2 heterocycles. The Kier molecular flexibility index (Phi) is 28.3. The number of anilines is 1. The second-order valence-corrected chi connectivity index (χ2v) is 13.6. The monoisotopic (exact) mass is 885 g/mol. The molecule has 2 aliphatic rings. The van der Waals surface area contributed by atoms with Gasteiger partial charge in [-0.05, 0) is 31.4 Å². The highest BCUT2D eigenvalue weighted by Crippen LogP contribution is 2.32. The first-order valence-electron chi connectivity index (χ1n) is 21.0. The van der Waals surface area contributed by atoms with Crippen molar-refractivity contribution in [3.8, 4) is 0 Å². The molecule has 350 valence electrons. The standard InChI is InChI=1S/C41H63N3O18/c45-35(42-33-6-4-5-32-38(33)41(51)44(40(32)50)34-8-9-36(46)43-39(34)49)7-2-1-3-10-52-11-12-53-13-14-54-15-16-55-17-18-56-19-20-57-21-22-58-23-24-59-25-26-60-27-28-61-29-30-62-31-37(47)48/h4-6,34H,1-3,7-31H2,(H,42,45)(H,47,48)(H,43,46,49). The first-order chi connectivity index (χ1) is 30.3. The summed E-state index contributed by atoms with van der Waals surface area (Å²) in [6.07, 6.45) is 2.41. The summed E-state index contributed by atoms with van der Waals surface area (Å²) in [6, 6.07) is 3.51. The molecule has 1 aromatic carbocycles. The van der Waals surface area contributed by atoms with Gasteiger partial charge in [0.1, 0.15) is 12.6 Å². The van der Waals surface area contributed by atoms with Crippen molar-refractivity contribution in [2.75, 3.05) is 151 Å². The van der Waals surface area contributed by atoms with E-state index in [1.54, 1.807) is 12.1 Å². The topological polar surface area (TPSA) is 251 Å². The summed E-state index contributed by atoms with van der Waals surface area (Å²) in [4.78, 5) is 73.9. The lowest BCUT2D eigenvalue weighted by Gasteiger charge is -2.27. The summed E-state index contributed by atoms with van der Waals surface area (Å²) in [7, 11) is 0. The summed E-state index contributed by atoms with van der Waals surface area (Å²) < 4.78 is 59.4. The zero-order chi connectivity index (χ0) is 44.5. The summed E-state index contributed by atoms with van der Waals surface area (Å²) in [5.74, 6) is -3.75. The minimum Gasteiger partial charge on any atom is -0.480 e. The first kappa shape index (κ1) is 52.3. The molecule has 62 heavy (non-hydrogen) atoms. The van der Waals surface area contributed by atoms with Gasteiger partial charge in [0.15, 0.2) is 0 Å². The van der Waals surface area contributed by atoms with Gasteiger partial charge in [-0.3, -0.25) is 34.2 Å². The molecule has 0 aromatic heterocycles. The van der Waals surface area contributed by atoms with Crippen LogP contribution in [-0.2, 0) is 71.3 Å². The third kappa shape index (κ3) is 22.4. The molecule has 1 atom stereocenters. The van der Waals surface area contributed by atoms with Gasteiger partial charge >= 0.3 is 5.97 Å². The number of rotatable bonds is 40. The molecule has 1 fully saturated rings. The highest BCUT2D eigenvalue weighted by atomic mass is 16.6. The Labute approximate surface area is 361 Å². The van der Waals surface area contributed by atoms with Crippen LogP contribution in [0.2, 0.25) is 0 Å². The van der Waals surface area contributed by atoms with E-state index < -0.39 is 35.6 Å². The van der Waals surface area contributed by atoms with E-state index in [0.717, 1.165) is 17.7 Å². The van der Waals surface area contributed by atoms with Crippen LogP contribution in [0.15, 0.2) is 18.2 Å². The second kappa shape index (κ2) is 33.5. The van der Waals surface area contributed by atoms with Crippen molar-refractivity contribution in [3.63, 3.8) is 0 Å². The number of unbranched alkanes of at least 4 members (excludes halogenated alkanes) is 2. The Morgan fingerprint density at radius 2 is 1.02 bits per heavy atom. The largest absolute Gasteiger partial charge is 0.480 e. The molecule has 1 unspecified atom stereocenters. The number of fused-ring (bicyclic) bond motifs is 1. The molecule has 0 aliphatic carbocycles. The maximum absolute atomic E-state index is 13.2. The van der Waals surface area contributed by atoms with E-state index in [1.807, 2.05) is 0 Å². The normalized spacial score (nSPS) is 15.0. The fraction of sp³-hybridized carbons (Fsp3) is 0.707. The molecular weight excluding hydrogens is 822 g/mol. The van der Waals surface area contributed by atoms with Gasteiger partial charge in [-0.25, -0.2) is 4.79 Å². The van der Waals surface area contributed by atoms with Crippen LogP contribution < -0.4 is 10.6 Å². The van der Waals surface area contributed by atoms with Crippen molar-refractivity contribution < 1.29 is 86.0 Å². The Morgan fingerprint density at radius 3 is 1.45 bits per heavy atom. The van der Waals surface area contributed by atoms with Crippen molar-refractivity contribution in [1.29, 1.82) is 0 Å². The van der Waals surface area contributed by atoms with E-state index >= 15 is 0 Å². The number of piperidine rings is 1. The highest BCUT2D eigenvalue weighted by molar-refractivity contribution is 6.26. The Hall–Kier alpha value is -4.00. The molecule has 3 rings (SSSR count). The van der Waals surface area contributed by atoms with E-state index in [1.165, 1.54) is 6.07 Å². The summed E-state index contributed by atoms with van der Waals surface area (Å²) >= 11 is 0. The SMILES string of the molecule is O=C(O)COCCOCCOCCOCCOCCOCCOCCOCCOCCOCCOCCCCCC(=O)Nc1cccc2c1C(=O)N(C1CCC(=O)NC1=O)C2=O. The Bertz CT molecular complexity index is 1480. The fourth-order valence-corrected chi connectivity index (χ4v) is 5.86. The van der Waals surface area contributed by atoms with Gasteiger partial charge in [0.05, 0.1) is 149 Å². The van der Waals surface area contributed by atoms with Gasteiger partial charge in [0.2, 0.25) is 17.7 Å². The third-order valence-electron chi connectivity index (χ3n) is 8.88. The number of hydrogen-bond donors (Lipinski definition) is 3. The fourth-order valence-electron chi connectivity index (χ4n) is 5.86. The number of hydrogen-bond acceptors (Lipinski definition) is 17. The van der Waals surface area contributed by atoms with Crippen molar-refractivity contribution >= 4 is 41.2 Å². The summed E-state index contributed by atoms with van der Waals surface area (Å²) in [6.45, 7) is 8.71. The minimum atomic E-state index is -1.08. The molecule has 3 N–H and O–H groups in total. The quantitative estimate of drug-likeness (QED) is 0.0610. The van der Waals surface area contributed by atoms with Crippen LogP contribution in [0, 0.1) is 0 Å². The number of imide groups is 2. The minimum absolute atomic E-state index is 0.0236. The number of nitrogens with zero attached hydrogens (tertiary/aromatic N) is 1. The Balaban J connectivity index is 0.991. The molecule has 1 aromatic rings. The molecule has 21 heteroatoms. The van der Waals surface area contributed by atoms with Crippen LogP contribution in [0.5, 0.6) is 0 Å². The molecule has 0 radical (unpaired) electrons. The number of carboxylic acid groups (broad SMARTS) is 1. The molecule has 2 aliphatic heterocycles.